The van der Waals surface area contributed by atoms with Crippen molar-refractivity contribution in [3.8, 4) is 0 Å². The van der Waals surface area contributed by atoms with E-state index in [1.807, 2.05) is 6.92 Å². The van der Waals surface area contributed by atoms with Crippen LogP contribution in [0.1, 0.15) is 25.0 Å². The highest BCUT2D eigenvalue weighted by atomic mass is 35.5. The topological polar surface area (TPSA) is 73.4 Å². The van der Waals surface area contributed by atoms with Crippen molar-refractivity contribution in [3.05, 3.63) is 34.9 Å². The fourth-order valence-corrected chi connectivity index (χ4v) is 1.68. The second kappa shape index (κ2) is 7.93. The number of aliphatic hydroxyl groups excluding tert-OH is 1. The van der Waals surface area contributed by atoms with Crippen molar-refractivity contribution in [1.29, 1.82) is 0 Å². The van der Waals surface area contributed by atoms with Crippen LogP contribution in [-0.2, 0) is 4.79 Å². The van der Waals surface area contributed by atoms with Gasteiger partial charge < -0.3 is 10.4 Å². The van der Waals surface area contributed by atoms with Gasteiger partial charge in [-0.05, 0) is 36.8 Å². The molecular weight excluding hydrogens is 286 g/mol. The van der Waals surface area contributed by atoms with Crippen molar-refractivity contribution in [3.63, 3.8) is 0 Å². The SMILES string of the molecule is CCNC(=S)NNC(=O)CC(O)c1ccc(Cl)cc1. The molecule has 0 aromatic heterocycles. The lowest BCUT2D eigenvalue weighted by atomic mass is 10.1. The van der Waals surface area contributed by atoms with Gasteiger partial charge in [0.05, 0.1) is 12.5 Å². The van der Waals surface area contributed by atoms with Crippen LogP contribution in [0, 0.1) is 0 Å². The third-order valence-electron chi connectivity index (χ3n) is 2.29. The molecule has 1 rings (SSSR count). The van der Waals surface area contributed by atoms with E-state index in [4.69, 9.17) is 23.8 Å². The number of benzene rings is 1. The van der Waals surface area contributed by atoms with E-state index in [1.54, 1.807) is 24.3 Å². The molecular formula is C12H16ClN3O2S. The maximum absolute atomic E-state index is 11.6. The fourth-order valence-electron chi connectivity index (χ4n) is 1.36. The molecule has 1 aromatic rings. The number of hydrogen-bond acceptors (Lipinski definition) is 3. The van der Waals surface area contributed by atoms with Gasteiger partial charge in [-0.15, -0.1) is 0 Å². The first-order valence-electron chi connectivity index (χ1n) is 5.79. The molecule has 0 aliphatic heterocycles. The molecule has 4 N–H and O–H groups in total. The summed E-state index contributed by atoms with van der Waals surface area (Å²) < 4.78 is 0. The van der Waals surface area contributed by atoms with Crippen LogP contribution < -0.4 is 16.2 Å². The Morgan fingerprint density at radius 2 is 2.00 bits per heavy atom. The van der Waals surface area contributed by atoms with Crippen LogP contribution in [0.2, 0.25) is 5.02 Å². The number of thiocarbonyl (C=S) groups is 1. The summed E-state index contributed by atoms with van der Waals surface area (Å²) in [6.45, 7) is 2.55. The summed E-state index contributed by atoms with van der Waals surface area (Å²) in [6.07, 6.45) is -0.949. The molecule has 1 amide bonds. The second-order valence-electron chi connectivity index (χ2n) is 3.80. The summed E-state index contributed by atoms with van der Waals surface area (Å²) in [4.78, 5) is 11.6. The van der Waals surface area contributed by atoms with E-state index in [0.29, 0.717) is 22.2 Å². The predicted molar refractivity (Wildman–Crippen MR) is 78.6 cm³/mol. The summed E-state index contributed by atoms with van der Waals surface area (Å²) >= 11 is 10.6. The van der Waals surface area contributed by atoms with E-state index >= 15 is 0 Å². The molecule has 0 aliphatic rings. The van der Waals surface area contributed by atoms with Gasteiger partial charge in [-0.25, -0.2) is 0 Å². The minimum absolute atomic E-state index is 0.0661. The zero-order valence-corrected chi connectivity index (χ0v) is 12.0. The lowest BCUT2D eigenvalue weighted by Crippen LogP contribution is -2.46. The third kappa shape index (κ3) is 5.87. The number of hydrazine groups is 1. The van der Waals surface area contributed by atoms with Gasteiger partial charge in [-0.2, -0.15) is 0 Å². The Labute approximate surface area is 122 Å². The van der Waals surface area contributed by atoms with Crippen LogP contribution in [0.5, 0.6) is 0 Å². The van der Waals surface area contributed by atoms with E-state index < -0.39 is 6.10 Å². The second-order valence-corrected chi connectivity index (χ2v) is 4.65. The first-order chi connectivity index (χ1) is 9.02. The quantitative estimate of drug-likeness (QED) is 0.498. The lowest BCUT2D eigenvalue weighted by molar-refractivity contribution is -0.123. The molecule has 0 spiro atoms. The molecule has 104 valence electrons. The normalized spacial score (nSPS) is 11.5. The van der Waals surface area contributed by atoms with Crippen LogP contribution in [0.4, 0.5) is 0 Å². The number of carbonyl (C=O) groups excluding carboxylic acids is 1. The number of rotatable bonds is 4. The number of carbonyl (C=O) groups is 1. The Balaban J connectivity index is 2.39. The van der Waals surface area contributed by atoms with Crippen molar-refractivity contribution < 1.29 is 9.90 Å². The van der Waals surface area contributed by atoms with Gasteiger partial charge >= 0.3 is 0 Å². The zero-order valence-electron chi connectivity index (χ0n) is 10.4. The number of nitrogens with one attached hydrogen (secondary N) is 3. The van der Waals surface area contributed by atoms with Gasteiger partial charge in [0.15, 0.2) is 5.11 Å². The van der Waals surface area contributed by atoms with E-state index in [1.165, 1.54) is 0 Å². The average Bonchev–Trinajstić information content (AvgIpc) is 2.37. The molecule has 1 aromatic carbocycles. The van der Waals surface area contributed by atoms with Crippen molar-refractivity contribution >= 4 is 34.8 Å². The first kappa shape index (κ1) is 15.7. The van der Waals surface area contributed by atoms with Crippen molar-refractivity contribution in [2.75, 3.05) is 6.54 Å². The highest BCUT2D eigenvalue weighted by Crippen LogP contribution is 2.18. The van der Waals surface area contributed by atoms with Crippen LogP contribution >= 0.6 is 23.8 Å². The summed E-state index contributed by atoms with van der Waals surface area (Å²) in [5.41, 5.74) is 5.57. The van der Waals surface area contributed by atoms with Crippen molar-refractivity contribution in [2.45, 2.75) is 19.4 Å². The molecule has 0 heterocycles. The Bertz CT molecular complexity index is 439. The van der Waals surface area contributed by atoms with Crippen molar-refractivity contribution in [1.82, 2.24) is 16.2 Å². The smallest absolute Gasteiger partial charge is 0.241 e. The number of halogens is 1. The van der Waals surface area contributed by atoms with E-state index in [-0.39, 0.29) is 12.3 Å². The standard InChI is InChI=1S/C12H16ClN3O2S/c1-2-14-12(19)16-15-11(18)7-10(17)8-3-5-9(13)6-4-8/h3-6,10,17H,2,7H2,1H3,(H,15,18)(H2,14,16,19). The summed E-state index contributed by atoms with van der Waals surface area (Å²) in [7, 11) is 0. The van der Waals surface area contributed by atoms with Gasteiger partial charge in [0, 0.05) is 11.6 Å². The summed E-state index contributed by atoms with van der Waals surface area (Å²) in [5, 5.41) is 13.6. The first-order valence-corrected chi connectivity index (χ1v) is 6.57. The summed E-state index contributed by atoms with van der Waals surface area (Å²) in [5.74, 6) is -0.359. The minimum Gasteiger partial charge on any atom is -0.388 e. The zero-order chi connectivity index (χ0) is 14.3. The fraction of sp³-hybridized carbons (Fsp3) is 0.333. The molecule has 19 heavy (non-hydrogen) atoms. The van der Waals surface area contributed by atoms with Crippen LogP contribution in [-0.4, -0.2) is 22.7 Å². The predicted octanol–water partition coefficient (Wildman–Crippen LogP) is 1.28. The Morgan fingerprint density at radius 1 is 1.37 bits per heavy atom. The van der Waals surface area contributed by atoms with Gasteiger partial charge in [-0.1, -0.05) is 23.7 Å². The molecule has 0 aliphatic carbocycles. The highest BCUT2D eigenvalue weighted by molar-refractivity contribution is 7.80. The largest absolute Gasteiger partial charge is 0.388 e. The van der Waals surface area contributed by atoms with Gasteiger partial charge in [0.25, 0.3) is 0 Å². The highest BCUT2D eigenvalue weighted by Gasteiger charge is 2.12. The minimum atomic E-state index is -0.883. The maximum Gasteiger partial charge on any atom is 0.241 e. The molecule has 0 saturated heterocycles. The Kier molecular flexibility index (Phi) is 6.55. The Hall–Kier alpha value is -1.37. The monoisotopic (exact) mass is 301 g/mol. The molecule has 1 atom stereocenters. The molecule has 7 heteroatoms. The van der Waals surface area contributed by atoms with Crippen LogP contribution in [0.3, 0.4) is 0 Å². The van der Waals surface area contributed by atoms with E-state index in [9.17, 15) is 9.90 Å². The van der Waals surface area contributed by atoms with Gasteiger partial charge in [0.2, 0.25) is 5.91 Å². The molecule has 0 saturated carbocycles. The molecule has 0 fully saturated rings. The van der Waals surface area contributed by atoms with Gasteiger partial charge in [0.1, 0.15) is 0 Å². The summed E-state index contributed by atoms with van der Waals surface area (Å²) in [6, 6.07) is 6.68. The van der Waals surface area contributed by atoms with Crippen molar-refractivity contribution in [2.24, 2.45) is 0 Å². The van der Waals surface area contributed by atoms with Crippen LogP contribution in [0.15, 0.2) is 24.3 Å². The number of hydrogen-bond donors (Lipinski definition) is 4. The van der Waals surface area contributed by atoms with Crippen LogP contribution in [0.25, 0.3) is 0 Å². The van der Waals surface area contributed by atoms with Gasteiger partial charge in [-0.3, -0.25) is 15.6 Å². The van der Waals surface area contributed by atoms with E-state index in [0.717, 1.165) is 0 Å². The number of amides is 1. The third-order valence-corrected chi connectivity index (χ3v) is 2.78. The molecule has 0 radical (unpaired) electrons. The Morgan fingerprint density at radius 3 is 2.58 bits per heavy atom. The molecule has 5 nitrogen and oxygen atoms in total. The number of aliphatic hydroxyl groups is 1. The lowest BCUT2D eigenvalue weighted by Gasteiger charge is -2.13. The molecule has 1 unspecified atom stereocenters. The maximum atomic E-state index is 11.6. The average molecular weight is 302 g/mol. The van der Waals surface area contributed by atoms with E-state index in [2.05, 4.69) is 16.2 Å². The molecule has 0 bridgehead atoms.